The highest BCUT2D eigenvalue weighted by atomic mass is 35.5. The summed E-state index contributed by atoms with van der Waals surface area (Å²) in [7, 11) is 1.64. The molecule has 27 heavy (non-hydrogen) atoms. The van der Waals surface area contributed by atoms with E-state index in [4.69, 9.17) is 37.4 Å². The van der Waals surface area contributed by atoms with Gasteiger partial charge in [0.25, 0.3) is 0 Å². The van der Waals surface area contributed by atoms with Gasteiger partial charge < -0.3 is 19.5 Å². The zero-order valence-electron chi connectivity index (χ0n) is 16.1. The Balaban J connectivity index is 1.86. The molecule has 148 valence electrons. The van der Waals surface area contributed by atoms with Crippen molar-refractivity contribution in [3.63, 3.8) is 0 Å². The summed E-state index contributed by atoms with van der Waals surface area (Å²) >= 11 is 12.1. The maximum Gasteiger partial charge on any atom is 0.161 e. The van der Waals surface area contributed by atoms with Crippen LogP contribution in [0.5, 0.6) is 11.5 Å². The number of halogens is 2. The molecule has 0 aromatic heterocycles. The lowest BCUT2D eigenvalue weighted by Gasteiger charge is -2.13. The average Bonchev–Trinajstić information content (AvgIpc) is 2.64. The quantitative estimate of drug-likeness (QED) is 0.496. The van der Waals surface area contributed by atoms with E-state index in [1.54, 1.807) is 19.2 Å². The van der Waals surface area contributed by atoms with Crippen LogP contribution in [0.4, 0.5) is 0 Å². The minimum Gasteiger partial charge on any atom is -0.493 e. The molecule has 0 spiro atoms. The van der Waals surface area contributed by atoms with Crippen LogP contribution in [0, 0.1) is 0 Å². The molecule has 0 radical (unpaired) electrons. The fraction of sp³-hybridized carbons (Fsp3) is 0.429. The molecule has 0 heterocycles. The van der Waals surface area contributed by atoms with Gasteiger partial charge >= 0.3 is 0 Å². The van der Waals surface area contributed by atoms with Gasteiger partial charge in [0.2, 0.25) is 0 Å². The SMILES string of the molecule is COc1cc(CNCCCOC(C)C)ccc1OCc1ccc(Cl)cc1Cl. The molecule has 4 nitrogen and oxygen atoms in total. The van der Waals surface area contributed by atoms with Crippen molar-refractivity contribution in [3.8, 4) is 11.5 Å². The van der Waals surface area contributed by atoms with E-state index in [2.05, 4.69) is 5.32 Å². The van der Waals surface area contributed by atoms with E-state index in [0.29, 0.717) is 28.2 Å². The van der Waals surface area contributed by atoms with Crippen LogP contribution >= 0.6 is 23.2 Å². The van der Waals surface area contributed by atoms with Crippen molar-refractivity contribution in [1.29, 1.82) is 0 Å². The molecule has 0 aliphatic carbocycles. The summed E-state index contributed by atoms with van der Waals surface area (Å²) in [5.41, 5.74) is 2.01. The van der Waals surface area contributed by atoms with Crippen molar-refractivity contribution < 1.29 is 14.2 Å². The van der Waals surface area contributed by atoms with E-state index < -0.39 is 0 Å². The number of ether oxygens (including phenoxy) is 3. The number of nitrogens with one attached hydrogen (secondary N) is 1. The fourth-order valence-electron chi connectivity index (χ4n) is 2.48. The van der Waals surface area contributed by atoms with Gasteiger partial charge in [-0.3, -0.25) is 0 Å². The summed E-state index contributed by atoms with van der Waals surface area (Å²) in [5.74, 6) is 1.38. The second-order valence-corrected chi connectivity index (χ2v) is 7.30. The molecule has 0 saturated carbocycles. The number of hydrogen-bond donors (Lipinski definition) is 1. The van der Waals surface area contributed by atoms with Gasteiger partial charge in [-0.05, 0) is 56.6 Å². The number of rotatable bonds is 11. The Morgan fingerprint density at radius 3 is 2.56 bits per heavy atom. The molecular weight excluding hydrogens is 385 g/mol. The second-order valence-electron chi connectivity index (χ2n) is 6.46. The first kappa shape index (κ1) is 21.8. The van der Waals surface area contributed by atoms with Gasteiger partial charge in [0.1, 0.15) is 6.61 Å². The van der Waals surface area contributed by atoms with E-state index >= 15 is 0 Å². The molecule has 0 atom stereocenters. The predicted octanol–water partition coefficient (Wildman–Crippen LogP) is 5.49. The van der Waals surface area contributed by atoms with Crippen LogP contribution in [0.25, 0.3) is 0 Å². The third-order valence-electron chi connectivity index (χ3n) is 3.90. The first-order valence-electron chi connectivity index (χ1n) is 9.05. The lowest BCUT2D eigenvalue weighted by molar-refractivity contribution is 0.0770. The zero-order valence-corrected chi connectivity index (χ0v) is 17.6. The van der Waals surface area contributed by atoms with Crippen LogP contribution in [-0.2, 0) is 17.9 Å². The Labute approximate surface area is 171 Å². The van der Waals surface area contributed by atoms with E-state index in [0.717, 1.165) is 37.2 Å². The van der Waals surface area contributed by atoms with Gasteiger partial charge in [-0.15, -0.1) is 0 Å². The van der Waals surface area contributed by atoms with E-state index in [9.17, 15) is 0 Å². The van der Waals surface area contributed by atoms with Crippen molar-refractivity contribution in [2.75, 3.05) is 20.3 Å². The highest BCUT2D eigenvalue weighted by molar-refractivity contribution is 6.35. The summed E-state index contributed by atoms with van der Waals surface area (Å²) < 4.78 is 16.9. The van der Waals surface area contributed by atoms with E-state index in [1.165, 1.54) is 0 Å². The molecule has 0 bridgehead atoms. The van der Waals surface area contributed by atoms with E-state index in [-0.39, 0.29) is 6.10 Å². The standard InChI is InChI=1S/C21H27Cl2NO3/c1-15(2)26-10-4-9-24-13-16-5-8-20(21(11-16)25-3)27-14-17-6-7-18(22)12-19(17)23/h5-8,11-12,15,24H,4,9-10,13-14H2,1-3H3. The van der Waals surface area contributed by atoms with Crippen molar-refractivity contribution in [1.82, 2.24) is 5.32 Å². The lowest BCUT2D eigenvalue weighted by Crippen LogP contribution is -2.17. The summed E-state index contributed by atoms with van der Waals surface area (Å²) in [4.78, 5) is 0. The molecule has 6 heteroatoms. The van der Waals surface area contributed by atoms with Gasteiger partial charge in [-0.1, -0.05) is 35.3 Å². The monoisotopic (exact) mass is 411 g/mol. The third-order valence-corrected chi connectivity index (χ3v) is 4.49. The topological polar surface area (TPSA) is 39.7 Å². The van der Waals surface area contributed by atoms with Crippen LogP contribution in [-0.4, -0.2) is 26.4 Å². The Bertz CT molecular complexity index is 723. The highest BCUT2D eigenvalue weighted by Crippen LogP contribution is 2.30. The van der Waals surface area contributed by atoms with Crippen LogP contribution in [0.3, 0.4) is 0 Å². The van der Waals surface area contributed by atoms with Crippen molar-refractivity contribution in [2.24, 2.45) is 0 Å². The van der Waals surface area contributed by atoms with Gasteiger partial charge in [-0.25, -0.2) is 0 Å². The normalized spacial score (nSPS) is 11.0. The van der Waals surface area contributed by atoms with Gasteiger partial charge in [0, 0.05) is 28.8 Å². The Kier molecular flexibility index (Phi) is 9.22. The highest BCUT2D eigenvalue weighted by Gasteiger charge is 2.08. The first-order chi connectivity index (χ1) is 13.0. The van der Waals surface area contributed by atoms with Crippen LogP contribution < -0.4 is 14.8 Å². The molecule has 0 aliphatic rings. The summed E-state index contributed by atoms with van der Waals surface area (Å²) in [5, 5.41) is 4.60. The minimum absolute atomic E-state index is 0.282. The van der Waals surface area contributed by atoms with Gasteiger partial charge in [0.15, 0.2) is 11.5 Å². The Morgan fingerprint density at radius 1 is 1.04 bits per heavy atom. The largest absolute Gasteiger partial charge is 0.493 e. The van der Waals surface area contributed by atoms with Crippen LogP contribution in [0.15, 0.2) is 36.4 Å². The Hall–Kier alpha value is -1.46. The van der Waals surface area contributed by atoms with Gasteiger partial charge in [-0.2, -0.15) is 0 Å². The number of hydrogen-bond acceptors (Lipinski definition) is 4. The smallest absolute Gasteiger partial charge is 0.161 e. The molecule has 1 N–H and O–H groups in total. The summed E-state index contributed by atoms with van der Waals surface area (Å²) in [6, 6.07) is 11.3. The van der Waals surface area contributed by atoms with Crippen molar-refractivity contribution in [3.05, 3.63) is 57.6 Å². The predicted molar refractivity (Wildman–Crippen MR) is 111 cm³/mol. The number of benzene rings is 2. The molecule has 0 unspecified atom stereocenters. The molecule has 2 aromatic carbocycles. The molecular formula is C21H27Cl2NO3. The molecule has 2 aromatic rings. The molecule has 0 saturated heterocycles. The molecule has 0 fully saturated rings. The summed E-state index contributed by atoms with van der Waals surface area (Å²) in [6.07, 6.45) is 1.27. The van der Waals surface area contributed by atoms with Crippen LogP contribution in [0.1, 0.15) is 31.4 Å². The van der Waals surface area contributed by atoms with Crippen molar-refractivity contribution >= 4 is 23.2 Å². The lowest BCUT2D eigenvalue weighted by atomic mass is 10.2. The minimum atomic E-state index is 0.282. The first-order valence-corrected chi connectivity index (χ1v) is 9.81. The molecule has 0 aliphatic heterocycles. The second kappa shape index (κ2) is 11.4. The summed E-state index contributed by atoms with van der Waals surface area (Å²) in [6.45, 7) is 6.88. The van der Waals surface area contributed by atoms with Crippen molar-refractivity contribution in [2.45, 2.75) is 39.5 Å². The molecule has 0 amide bonds. The maximum atomic E-state index is 6.19. The van der Waals surface area contributed by atoms with E-state index in [1.807, 2.05) is 38.1 Å². The van der Waals surface area contributed by atoms with Gasteiger partial charge in [0.05, 0.1) is 13.2 Å². The zero-order chi connectivity index (χ0) is 19.6. The fourth-order valence-corrected chi connectivity index (χ4v) is 2.95. The Morgan fingerprint density at radius 2 is 1.85 bits per heavy atom. The average molecular weight is 412 g/mol. The number of methoxy groups -OCH3 is 1. The molecule has 2 rings (SSSR count). The van der Waals surface area contributed by atoms with Crippen LogP contribution in [0.2, 0.25) is 10.0 Å². The third kappa shape index (κ3) is 7.59. The maximum absolute atomic E-state index is 6.19.